The van der Waals surface area contributed by atoms with E-state index in [9.17, 15) is 29.7 Å². The van der Waals surface area contributed by atoms with Crippen molar-refractivity contribution >= 4 is 35.4 Å². The predicted octanol–water partition coefficient (Wildman–Crippen LogP) is 9.35. The van der Waals surface area contributed by atoms with Crippen molar-refractivity contribution in [2.45, 2.75) is 123 Å². The lowest BCUT2D eigenvalue weighted by molar-refractivity contribution is -0.143. The maximum atomic E-state index is 18.5. The summed E-state index contributed by atoms with van der Waals surface area (Å²) in [6, 6.07) is 15.2. The Labute approximate surface area is 424 Å². The van der Waals surface area contributed by atoms with E-state index in [4.69, 9.17) is 23.5 Å². The molecule has 17 nitrogen and oxygen atoms in total. The van der Waals surface area contributed by atoms with Gasteiger partial charge in [-0.2, -0.15) is 4.90 Å². The van der Waals surface area contributed by atoms with Crippen molar-refractivity contribution in [2.24, 2.45) is 11.8 Å². The summed E-state index contributed by atoms with van der Waals surface area (Å²) in [4.78, 5) is 77.3. The molecule has 5 atom stereocenters. The van der Waals surface area contributed by atoms with Crippen LogP contribution in [0.15, 0.2) is 89.2 Å². The van der Waals surface area contributed by atoms with Gasteiger partial charge in [0, 0.05) is 35.6 Å². The van der Waals surface area contributed by atoms with E-state index in [0.717, 1.165) is 5.56 Å². The topological polar surface area (TPSA) is 219 Å². The minimum atomic E-state index is -2.79. The van der Waals surface area contributed by atoms with Gasteiger partial charge >= 0.3 is 18.2 Å². The number of ether oxygens (including phenoxy) is 4. The van der Waals surface area contributed by atoms with Crippen molar-refractivity contribution in [3.8, 4) is 11.6 Å². The van der Waals surface area contributed by atoms with Gasteiger partial charge in [0.2, 0.25) is 5.78 Å². The van der Waals surface area contributed by atoms with Crippen LogP contribution in [-0.2, 0) is 40.3 Å². The molecule has 0 bridgehead atoms. The summed E-state index contributed by atoms with van der Waals surface area (Å²) >= 11 is 0. The number of carboxylic acids is 1. The number of benzene rings is 3. The zero-order chi connectivity index (χ0) is 53.3. The highest BCUT2D eigenvalue weighted by Gasteiger charge is 2.64. The summed E-state index contributed by atoms with van der Waals surface area (Å²) < 4.78 is 48.6. The lowest BCUT2D eigenvalue weighted by Gasteiger charge is -2.49. The van der Waals surface area contributed by atoms with Gasteiger partial charge < -0.3 is 38.8 Å². The van der Waals surface area contributed by atoms with E-state index < -0.39 is 117 Å². The Balaban J connectivity index is 1.52. The Kier molecular flexibility index (Phi) is 15.7. The van der Waals surface area contributed by atoms with Crippen molar-refractivity contribution in [3.05, 3.63) is 130 Å². The lowest BCUT2D eigenvalue weighted by atomic mass is 9.58. The smallest absolute Gasteiger partial charge is 0.424 e. The standard InChI is InChI=1S/C55H65FN4O13/c1-11-24-59(25-12-2)37(50(64)65)28-35-41(56)34-26-33-27-36-43(58(10)13-3)46-40(49(57-73-46)70-30-32-22-18-15-19-23-32)48(63)55(36,68)47(62)38(33)44(61)39(34)45(69-29-31-20-16-14-17-21-31)42(35)60(51(66)71-53(4,5)6)52(67)72-54(7,8)9/h11,14-23,33,36-37,43,62,68H,1,12-13,24-30H2,2-10H3,(H,64,65)/t33-,36-,37?,43-,55-/m0/s1. The van der Waals surface area contributed by atoms with Crippen LogP contribution in [0.2, 0.25) is 0 Å². The second-order valence-electron chi connectivity index (χ2n) is 20.7. The minimum absolute atomic E-state index is 0.0307. The second-order valence-corrected chi connectivity index (χ2v) is 20.7. The number of aliphatic hydroxyl groups is 2. The molecule has 3 aliphatic rings. The Morgan fingerprint density at radius 1 is 0.932 bits per heavy atom. The fraction of sp³-hybridized carbons (Fsp3) is 0.455. The number of rotatable bonds is 17. The zero-order valence-electron chi connectivity index (χ0n) is 42.8. The maximum absolute atomic E-state index is 18.5. The van der Waals surface area contributed by atoms with Crippen molar-refractivity contribution in [3.63, 3.8) is 0 Å². The van der Waals surface area contributed by atoms with Crippen molar-refractivity contribution in [1.82, 2.24) is 15.0 Å². The van der Waals surface area contributed by atoms with Crippen LogP contribution in [0, 0.1) is 17.7 Å². The van der Waals surface area contributed by atoms with Crippen LogP contribution in [0.4, 0.5) is 19.7 Å². The van der Waals surface area contributed by atoms with Gasteiger partial charge in [0.15, 0.2) is 22.9 Å². The van der Waals surface area contributed by atoms with E-state index in [1.807, 2.05) is 32.0 Å². The number of amides is 2. The summed E-state index contributed by atoms with van der Waals surface area (Å²) in [5.74, 6) is -8.60. The van der Waals surface area contributed by atoms with E-state index in [2.05, 4.69) is 11.7 Å². The number of imide groups is 1. The quantitative estimate of drug-likeness (QED) is 0.0839. The van der Waals surface area contributed by atoms with Crippen LogP contribution in [0.5, 0.6) is 11.6 Å². The molecule has 390 valence electrons. The van der Waals surface area contributed by atoms with E-state index in [-0.39, 0.29) is 61.9 Å². The van der Waals surface area contributed by atoms with Crippen LogP contribution >= 0.6 is 0 Å². The van der Waals surface area contributed by atoms with Gasteiger partial charge in [-0.3, -0.25) is 24.2 Å². The molecule has 3 N–H and O–H groups in total. The van der Waals surface area contributed by atoms with Gasteiger partial charge in [0.1, 0.15) is 53.3 Å². The largest absolute Gasteiger partial charge is 0.508 e. The molecule has 4 aromatic rings. The third-order valence-corrected chi connectivity index (χ3v) is 13.3. The number of fused-ring (bicyclic) bond motifs is 4. The number of aliphatic hydroxyl groups excluding tert-OH is 1. The molecule has 18 heteroatoms. The fourth-order valence-electron chi connectivity index (χ4n) is 10.0. The monoisotopic (exact) mass is 1010 g/mol. The second kappa shape index (κ2) is 21.3. The van der Waals surface area contributed by atoms with E-state index >= 15 is 14.0 Å². The first kappa shape index (κ1) is 53.9. The Bertz CT molecular complexity index is 2770. The number of Topliss-reactive ketones (excluding diaryl/α,β-unsaturated/α-hetero) is 2. The molecule has 3 aromatic carbocycles. The van der Waals surface area contributed by atoms with Gasteiger partial charge in [-0.1, -0.05) is 80.6 Å². The molecule has 1 heterocycles. The predicted molar refractivity (Wildman–Crippen MR) is 266 cm³/mol. The van der Waals surface area contributed by atoms with Gasteiger partial charge in [0.05, 0.1) is 11.6 Å². The highest BCUT2D eigenvalue weighted by atomic mass is 19.1. The number of aromatic nitrogens is 1. The number of hydrogen-bond donors (Lipinski definition) is 3. The fourth-order valence-corrected chi connectivity index (χ4v) is 10.0. The van der Waals surface area contributed by atoms with Crippen LogP contribution in [0.1, 0.15) is 123 Å². The van der Waals surface area contributed by atoms with E-state index in [1.165, 1.54) is 47.6 Å². The molecule has 3 aliphatic carbocycles. The summed E-state index contributed by atoms with van der Waals surface area (Å²) in [6.07, 6.45) is -1.98. The number of allylic oxidation sites excluding steroid dienone is 1. The first-order chi connectivity index (χ1) is 34.5. The third-order valence-electron chi connectivity index (χ3n) is 13.3. The molecular formula is C55H65FN4O13. The number of anilines is 1. The highest BCUT2D eigenvalue weighted by molar-refractivity contribution is 6.19. The Morgan fingerprint density at radius 2 is 1.51 bits per heavy atom. The van der Waals surface area contributed by atoms with Crippen LogP contribution in [-0.4, -0.2) is 110 Å². The molecule has 0 fully saturated rings. The molecule has 0 aliphatic heterocycles. The summed E-state index contributed by atoms with van der Waals surface area (Å²) in [5, 5.41) is 40.6. The molecule has 7 rings (SSSR count). The zero-order valence-corrected chi connectivity index (χ0v) is 42.8. The van der Waals surface area contributed by atoms with Gasteiger partial charge in [-0.25, -0.2) is 14.0 Å². The number of carbonyl (C=O) groups is 5. The molecule has 73 heavy (non-hydrogen) atoms. The molecule has 0 spiro atoms. The first-order valence-electron chi connectivity index (χ1n) is 24.5. The SMILES string of the molecule is C=CCN(CCC)C(Cc1c(F)c2c(c(OCc3ccccc3)c1N(C(=O)OC(C)(C)C)C(=O)OC(C)(C)C)C(=O)C1=C(O)[C@]3(O)C(=O)c4c(OCc5ccccc5)noc4[C@@H](N(C)CC)[C@@H]3C[C@@H]1C2)C(=O)O. The van der Waals surface area contributed by atoms with Crippen LogP contribution < -0.4 is 14.4 Å². The van der Waals surface area contributed by atoms with E-state index in [0.29, 0.717) is 23.4 Å². The van der Waals surface area contributed by atoms with E-state index in [1.54, 1.807) is 59.3 Å². The highest BCUT2D eigenvalue weighted by Crippen LogP contribution is 2.58. The van der Waals surface area contributed by atoms with Crippen LogP contribution in [0.25, 0.3) is 0 Å². The number of aliphatic carboxylic acids is 1. The Morgan fingerprint density at radius 3 is 2.03 bits per heavy atom. The summed E-state index contributed by atoms with van der Waals surface area (Å²) in [7, 11) is 1.73. The number of nitrogens with zero attached hydrogens (tertiary/aromatic N) is 4. The van der Waals surface area contributed by atoms with Gasteiger partial charge in [-0.15, -0.1) is 6.58 Å². The van der Waals surface area contributed by atoms with Gasteiger partial charge in [0.25, 0.3) is 5.88 Å². The number of carbonyl (C=O) groups excluding carboxylic acids is 4. The average molecular weight is 1010 g/mol. The molecule has 1 aromatic heterocycles. The van der Waals surface area contributed by atoms with Crippen molar-refractivity contribution in [2.75, 3.05) is 31.6 Å². The number of carboxylic acid groups (broad SMARTS) is 1. The molecule has 1 unspecified atom stereocenters. The molecule has 0 radical (unpaired) electrons. The van der Waals surface area contributed by atoms with Gasteiger partial charge in [-0.05, 0) is 103 Å². The van der Waals surface area contributed by atoms with Crippen LogP contribution in [0.3, 0.4) is 0 Å². The number of hydrogen-bond acceptors (Lipinski definition) is 15. The van der Waals surface area contributed by atoms with Crippen molar-refractivity contribution < 1.29 is 67.2 Å². The van der Waals surface area contributed by atoms with Crippen molar-refractivity contribution in [1.29, 1.82) is 0 Å². The molecule has 0 saturated carbocycles. The molecule has 2 amide bonds. The number of halogens is 1. The molecular weight excluding hydrogens is 944 g/mol. The summed E-state index contributed by atoms with van der Waals surface area (Å²) in [6.45, 7) is 17.0. The molecule has 0 saturated heterocycles. The average Bonchev–Trinajstić information content (AvgIpc) is 3.74. The minimum Gasteiger partial charge on any atom is -0.508 e. The first-order valence-corrected chi connectivity index (χ1v) is 24.5. The lowest BCUT2D eigenvalue weighted by Crippen LogP contribution is -2.59. The number of ketones is 2. The Hall–Kier alpha value is -6.89. The normalized spacial score (nSPS) is 19.9. The third kappa shape index (κ3) is 10.6. The summed E-state index contributed by atoms with van der Waals surface area (Å²) in [5.41, 5.74) is -6.72. The maximum Gasteiger partial charge on any atom is 0.424 e.